The quantitative estimate of drug-likeness (QED) is 0.366. The highest BCUT2D eigenvalue weighted by Gasteiger charge is 2.33. The van der Waals surface area contributed by atoms with Crippen molar-refractivity contribution in [2.75, 3.05) is 6.61 Å². The van der Waals surface area contributed by atoms with Crippen LogP contribution in [0.1, 0.15) is 37.3 Å². The van der Waals surface area contributed by atoms with E-state index in [-0.39, 0.29) is 12.4 Å². The van der Waals surface area contributed by atoms with Gasteiger partial charge in [-0.2, -0.15) is 0 Å². The van der Waals surface area contributed by atoms with Crippen LogP contribution < -0.4 is 0 Å². The first kappa shape index (κ1) is 22.4. The van der Waals surface area contributed by atoms with Crippen molar-refractivity contribution in [3.63, 3.8) is 0 Å². The molecule has 152 valence electrons. The molecular formula is C21H22BrCl3O3. The molecule has 1 fully saturated rings. The highest BCUT2D eigenvalue weighted by Crippen LogP contribution is 2.40. The number of alkyl halides is 1. The van der Waals surface area contributed by atoms with Crippen LogP contribution >= 0.6 is 50.7 Å². The Hall–Kier alpha value is -0.330. The van der Waals surface area contributed by atoms with E-state index in [1.165, 1.54) is 0 Å². The maximum Gasteiger partial charge on any atom is 0.160 e. The number of halogens is 4. The maximum atomic E-state index is 6.33. The minimum absolute atomic E-state index is 0.00459. The smallest absolute Gasteiger partial charge is 0.160 e. The minimum atomic E-state index is -0.772. The standard InChI is InChI=1S/C21H22BrCl3O3/c1-21(22,18-10-9-16(24)11-19(18)25)28-20-4-2-3-17(27-20)13-26-12-14-5-7-15(23)8-6-14/h5-11,17,20H,2-4,12-13H2,1H3. The fraction of sp³-hybridized carbons (Fsp3) is 0.429. The Labute approximate surface area is 189 Å². The Bertz CT molecular complexity index is 783. The molecule has 1 aliphatic rings. The van der Waals surface area contributed by atoms with Gasteiger partial charge in [-0.1, -0.05) is 53.0 Å². The molecule has 0 aliphatic carbocycles. The molecular weight excluding hydrogens is 486 g/mol. The van der Waals surface area contributed by atoms with Crippen LogP contribution in [-0.4, -0.2) is 19.0 Å². The number of hydrogen-bond donors (Lipinski definition) is 0. The van der Waals surface area contributed by atoms with E-state index in [2.05, 4.69) is 15.9 Å². The molecule has 0 N–H and O–H groups in total. The molecule has 0 amide bonds. The predicted molar refractivity (Wildman–Crippen MR) is 117 cm³/mol. The van der Waals surface area contributed by atoms with Crippen LogP contribution in [0, 0.1) is 0 Å². The summed E-state index contributed by atoms with van der Waals surface area (Å²) in [6.07, 6.45) is 2.43. The van der Waals surface area contributed by atoms with Gasteiger partial charge in [-0.3, -0.25) is 0 Å². The van der Waals surface area contributed by atoms with E-state index in [0.29, 0.717) is 23.3 Å². The lowest BCUT2D eigenvalue weighted by atomic mass is 10.1. The number of rotatable bonds is 7. The van der Waals surface area contributed by atoms with Gasteiger partial charge in [0.15, 0.2) is 6.29 Å². The molecule has 2 aromatic carbocycles. The van der Waals surface area contributed by atoms with Crippen molar-refractivity contribution in [3.8, 4) is 0 Å². The molecule has 1 heterocycles. The second kappa shape index (κ2) is 10.1. The van der Waals surface area contributed by atoms with Crippen molar-refractivity contribution in [1.82, 2.24) is 0 Å². The summed E-state index contributed by atoms with van der Waals surface area (Å²) in [7, 11) is 0. The van der Waals surface area contributed by atoms with Crippen LogP contribution in [0.25, 0.3) is 0 Å². The van der Waals surface area contributed by atoms with Gasteiger partial charge in [0.05, 0.1) is 19.3 Å². The van der Waals surface area contributed by atoms with E-state index < -0.39 is 4.51 Å². The van der Waals surface area contributed by atoms with Crippen molar-refractivity contribution in [1.29, 1.82) is 0 Å². The second-order valence-electron chi connectivity index (χ2n) is 6.92. The van der Waals surface area contributed by atoms with E-state index in [4.69, 9.17) is 49.0 Å². The fourth-order valence-electron chi connectivity index (χ4n) is 3.12. The first-order valence-electron chi connectivity index (χ1n) is 9.13. The van der Waals surface area contributed by atoms with Gasteiger partial charge < -0.3 is 14.2 Å². The van der Waals surface area contributed by atoms with Crippen molar-refractivity contribution < 1.29 is 14.2 Å². The van der Waals surface area contributed by atoms with Gasteiger partial charge in [-0.05, 0) is 71.9 Å². The van der Waals surface area contributed by atoms with Crippen LogP contribution in [0.2, 0.25) is 15.1 Å². The van der Waals surface area contributed by atoms with Crippen LogP contribution in [-0.2, 0) is 25.3 Å². The first-order valence-corrected chi connectivity index (χ1v) is 11.1. The van der Waals surface area contributed by atoms with Gasteiger partial charge in [-0.25, -0.2) is 0 Å². The zero-order valence-corrected chi connectivity index (χ0v) is 19.3. The van der Waals surface area contributed by atoms with Gasteiger partial charge in [0.25, 0.3) is 0 Å². The Kier molecular flexibility index (Phi) is 8.08. The van der Waals surface area contributed by atoms with E-state index >= 15 is 0 Å². The summed E-state index contributed by atoms with van der Waals surface area (Å²) in [6.45, 7) is 2.95. The molecule has 3 nitrogen and oxygen atoms in total. The molecule has 1 aliphatic heterocycles. The Morgan fingerprint density at radius 2 is 1.79 bits per heavy atom. The van der Waals surface area contributed by atoms with Gasteiger partial charge in [0, 0.05) is 20.6 Å². The third kappa shape index (κ3) is 6.33. The molecule has 0 spiro atoms. The SMILES string of the molecule is CC(Br)(OC1CCCC(COCc2ccc(Cl)cc2)O1)c1ccc(Cl)cc1Cl. The molecule has 0 aromatic heterocycles. The first-order chi connectivity index (χ1) is 13.3. The van der Waals surface area contributed by atoms with Gasteiger partial charge in [0.2, 0.25) is 0 Å². The summed E-state index contributed by atoms with van der Waals surface area (Å²) in [5, 5.41) is 1.85. The van der Waals surface area contributed by atoms with Crippen molar-refractivity contribution in [2.45, 2.75) is 49.7 Å². The third-order valence-corrected chi connectivity index (χ3v) is 5.97. The molecule has 28 heavy (non-hydrogen) atoms. The molecule has 0 bridgehead atoms. The summed E-state index contributed by atoms with van der Waals surface area (Å²) < 4.78 is 17.3. The zero-order chi connectivity index (χ0) is 20.1. The molecule has 0 radical (unpaired) electrons. The molecule has 1 saturated heterocycles. The van der Waals surface area contributed by atoms with Gasteiger partial charge in [-0.15, -0.1) is 0 Å². The van der Waals surface area contributed by atoms with Crippen molar-refractivity contribution >= 4 is 50.7 Å². The monoisotopic (exact) mass is 506 g/mol. The summed E-state index contributed by atoms with van der Waals surface area (Å²) in [6, 6.07) is 13.0. The number of ether oxygens (including phenoxy) is 3. The summed E-state index contributed by atoms with van der Waals surface area (Å²) >= 11 is 21.9. The average molecular weight is 509 g/mol. The molecule has 7 heteroatoms. The van der Waals surface area contributed by atoms with Crippen LogP contribution in [0.4, 0.5) is 0 Å². The topological polar surface area (TPSA) is 27.7 Å². The lowest BCUT2D eigenvalue weighted by molar-refractivity contribution is -0.229. The Morgan fingerprint density at radius 3 is 2.50 bits per heavy atom. The third-order valence-electron chi connectivity index (χ3n) is 4.56. The Balaban J connectivity index is 1.51. The van der Waals surface area contributed by atoms with Crippen LogP contribution in [0.5, 0.6) is 0 Å². The molecule has 3 rings (SSSR count). The lowest BCUT2D eigenvalue weighted by Gasteiger charge is -2.35. The largest absolute Gasteiger partial charge is 0.374 e. The predicted octanol–water partition coefficient (Wildman–Crippen LogP) is 7.34. The van der Waals surface area contributed by atoms with Crippen LogP contribution in [0.15, 0.2) is 42.5 Å². The minimum Gasteiger partial charge on any atom is -0.374 e. The van der Waals surface area contributed by atoms with Gasteiger partial charge in [0.1, 0.15) is 4.51 Å². The van der Waals surface area contributed by atoms with Crippen LogP contribution in [0.3, 0.4) is 0 Å². The second-order valence-corrected chi connectivity index (χ2v) is 9.71. The van der Waals surface area contributed by atoms with E-state index in [1.54, 1.807) is 12.1 Å². The molecule has 0 saturated carbocycles. The highest BCUT2D eigenvalue weighted by molar-refractivity contribution is 9.09. The fourth-order valence-corrected chi connectivity index (χ4v) is 4.51. The van der Waals surface area contributed by atoms with Crippen molar-refractivity contribution in [3.05, 3.63) is 68.7 Å². The van der Waals surface area contributed by atoms with E-state index in [0.717, 1.165) is 35.4 Å². The number of benzene rings is 2. The van der Waals surface area contributed by atoms with E-state index in [1.807, 2.05) is 37.3 Å². The summed E-state index contributed by atoms with van der Waals surface area (Å²) in [5.41, 5.74) is 1.89. The summed E-state index contributed by atoms with van der Waals surface area (Å²) in [4.78, 5) is 0. The van der Waals surface area contributed by atoms with Crippen molar-refractivity contribution in [2.24, 2.45) is 0 Å². The lowest BCUT2D eigenvalue weighted by Crippen LogP contribution is -2.36. The van der Waals surface area contributed by atoms with Gasteiger partial charge >= 0.3 is 0 Å². The summed E-state index contributed by atoms with van der Waals surface area (Å²) in [5.74, 6) is 0. The Morgan fingerprint density at radius 1 is 1.07 bits per heavy atom. The maximum absolute atomic E-state index is 6.33. The highest BCUT2D eigenvalue weighted by atomic mass is 79.9. The zero-order valence-electron chi connectivity index (χ0n) is 15.5. The van der Waals surface area contributed by atoms with E-state index in [9.17, 15) is 0 Å². The molecule has 3 unspecified atom stereocenters. The number of hydrogen-bond acceptors (Lipinski definition) is 3. The molecule has 3 atom stereocenters. The average Bonchev–Trinajstić information content (AvgIpc) is 2.63. The molecule has 2 aromatic rings. The normalized spacial score (nSPS) is 22.0.